The van der Waals surface area contributed by atoms with Gasteiger partial charge in [0.25, 0.3) is 0 Å². The molecular weight excluding hydrogens is 274 g/mol. The molecular formula is C14H13N3O4. The number of aromatic carboxylic acids is 1. The van der Waals surface area contributed by atoms with E-state index in [-0.39, 0.29) is 12.1 Å². The number of nitrogens with one attached hydrogen (secondary N) is 1. The maximum absolute atomic E-state index is 11.9. The second kappa shape index (κ2) is 6.00. The van der Waals surface area contributed by atoms with E-state index in [1.807, 2.05) is 0 Å². The third-order valence-electron chi connectivity index (χ3n) is 2.93. The van der Waals surface area contributed by atoms with Crippen molar-refractivity contribution in [3.05, 3.63) is 58.3 Å². The quantitative estimate of drug-likeness (QED) is 0.869. The molecule has 0 saturated carbocycles. The first-order valence-corrected chi connectivity index (χ1v) is 6.13. The van der Waals surface area contributed by atoms with Crippen molar-refractivity contribution in [1.82, 2.24) is 9.55 Å². The van der Waals surface area contributed by atoms with Crippen LogP contribution in [0.15, 0.2) is 41.5 Å². The lowest BCUT2D eigenvalue weighted by Crippen LogP contribution is -2.28. The standard InChI is InChI=1S/C14H13N3O4/c1-9-10(13(19)20)4-2-5-11(9)16-12(18)8-17-7-3-6-15-14(17)21/h2-7H,8H2,1H3,(H,16,18)(H,19,20). The van der Waals surface area contributed by atoms with Gasteiger partial charge in [-0.3, -0.25) is 9.36 Å². The molecule has 108 valence electrons. The summed E-state index contributed by atoms with van der Waals surface area (Å²) < 4.78 is 1.16. The van der Waals surface area contributed by atoms with Gasteiger partial charge in [0.15, 0.2) is 0 Å². The Morgan fingerprint density at radius 1 is 1.33 bits per heavy atom. The highest BCUT2D eigenvalue weighted by Crippen LogP contribution is 2.18. The molecule has 0 aliphatic heterocycles. The van der Waals surface area contributed by atoms with Crippen LogP contribution in [0.2, 0.25) is 0 Å². The first-order chi connectivity index (χ1) is 9.99. The number of aromatic nitrogens is 2. The summed E-state index contributed by atoms with van der Waals surface area (Å²) >= 11 is 0. The molecule has 0 fully saturated rings. The average Bonchev–Trinajstić information content (AvgIpc) is 2.43. The number of hydrogen-bond donors (Lipinski definition) is 2. The monoisotopic (exact) mass is 287 g/mol. The van der Waals surface area contributed by atoms with Crippen molar-refractivity contribution in [2.24, 2.45) is 0 Å². The molecule has 2 N–H and O–H groups in total. The number of nitrogens with zero attached hydrogens (tertiary/aromatic N) is 2. The molecule has 1 aromatic carbocycles. The Hall–Kier alpha value is -2.96. The topological polar surface area (TPSA) is 101 Å². The summed E-state index contributed by atoms with van der Waals surface area (Å²) in [4.78, 5) is 37.9. The van der Waals surface area contributed by atoms with Crippen molar-refractivity contribution in [2.75, 3.05) is 5.32 Å². The minimum Gasteiger partial charge on any atom is -0.478 e. The van der Waals surface area contributed by atoms with Crippen molar-refractivity contribution < 1.29 is 14.7 Å². The number of carboxylic acids is 1. The number of carbonyl (C=O) groups is 2. The normalized spacial score (nSPS) is 10.1. The maximum Gasteiger partial charge on any atom is 0.347 e. The molecule has 1 amide bonds. The van der Waals surface area contributed by atoms with Gasteiger partial charge in [-0.05, 0) is 30.7 Å². The van der Waals surface area contributed by atoms with Gasteiger partial charge in [0.2, 0.25) is 5.91 Å². The van der Waals surface area contributed by atoms with Crippen molar-refractivity contribution in [3.8, 4) is 0 Å². The minimum absolute atomic E-state index is 0.117. The van der Waals surface area contributed by atoms with Crippen LogP contribution in [0.3, 0.4) is 0 Å². The highest BCUT2D eigenvalue weighted by atomic mass is 16.4. The Bertz CT molecular complexity index is 752. The number of carbonyl (C=O) groups excluding carboxylic acids is 1. The predicted octanol–water partition coefficient (Wildman–Crippen LogP) is 0.889. The van der Waals surface area contributed by atoms with Crippen LogP contribution >= 0.6 is 0 Å². The fourth-order valence-electron chi connectivity index (χ4n) is 1.85. The Morgan fingerprint density at radius 3 is 2.76 bits per heavy atom. The third-order valence-corrected chi connectivity index (χ3v) is 2.93. The lowest BCUT2D eigenvalue weighted by Gasteiger charge is -2.11. The average molecular weight is 287 g/mol. The molecule has 1 heterocycles. The molecule has 0 atom stereocenters. The van der Waals surface area contributed by atoms with Crippen molar-refractivity contribution in [2.45, 2.75) is 13.5 Å². The van der Waals surface area contributed by atoms with Crippen LogP contribution < -0.4 is 11.0 Å². The Labute approximate surface area is 119 Å². The molecule has 0 aliphatic rings. The van der Waals surface area contributed by atoms with Gasteiger partial charge >= 0.3 is 11.7 Å². The predicted molar refractivity (Wildman–Crippen MR) is 75.3 cm³/mol. The van der Waals surface area contributed by atoms with Gasteiger partial charge in [0.1, 0.15) is 6.54 Å². The fourth-order valence-corrected chi connectivity index (χ4v) is 1.85. The van der Waals surface area contributed by atoms with Crippen LogP contribution in [0.1, 0.15) is 15.9 Å². The number of rotatable bonds is 4. The summed E-state index contributed by atoms with van der Waals surface area (Å²) in [7, 11) is 0. The molecule has 0 aliphatic carbocycles. The van der Waals surface area contributed by atoms with Gasteiger partial charge in [-0.1, -0.05) is 6.07 Å². The number of amides is 1. The van der Waals surface area contributed by atoms with E-state index in [1.54, 1.807) is 25.1 Å². The Kier molecular flexibility index (Phi) is 4.13. The smallest absolute Gasteiger partial charge is 0.347 e. The van der Waals surface area contributed by atoms with E-state index >= 15 is 0 Å². The molecule has 7 nitrogen and oxygen atoms in total. The third kappa shape index (κ3) is 3.33. The van der Waals surface area contributed by atoms with E-state index in [0.29, 0.717) is 11.3 Å². The van der Waals surface area contributed by atoms with Crippen molar-refractivity contribution >= 4 is 17.6 Å². The lowest BCUT2D eigenvalue weighted by molar-refractivity contribution is -0.116. The zero-order valence-electron chi connectivity index (χ0n) is 11.2. The summed E-state index contributed by atoms with van der Waals surface area (Å²) in [6.45, 7) is 1.42. The number of hydrogen-bond acceptors (Lipinski definition) is 4. The molecule has 21 heavy (non-hydrogen) atoms. The van der Waals surface area contributed by atoms with Crippen LogP contribution in [-0.4, -0.2) is 26.5 Å². The van der Waals surface area contributed by atoms with E-state index in [4.69, 9.17) is 5.11 Å². The van der Waals surface area contributed by atoms with E-state index in [2.05, 4.69) is 10.3 Å². The number of carboxylic acid groups (broad SMARTS) is 1. The first-order valence-electron chi connectivity index (χ1n) is 6.13. The van der Waals surface area contributed by atoms with Crippen LogP contribution in [0.25, 0.3) is 0 Å². The molecule has 0 bridgehead atoms. The van der Waals surface area contributed by atoms with Crippen LogP contribution in [-0.2, 0) is 11.3 Å². The van der Waals surface area contributed by atoms with Gasteiger partial charge < -0.3 is 10.4 Å². The highest BCUT2D eigenvalue weighted by Gasteiger charge is 2.12. The van der Waals surface area contributed by atoms with Crippen molar-refractivity contribution in [1.29, 1.82) is 0 Å². The first kappa shape index (κ1) is 14.4. The summed E-state index contributed by atoms with van der Waals surface area (Å²) in [6.07, 6.45) is 2.80. The zero-order chi connectivity index (χ0) is 15.4. The molecule has 0 unspecified atom stereocenters. The van der Waals surface area contributed by atoms with Gasteiger partial charge in [0, 0.05) is 18.1 Å². The van der Waals surface area contributed by atoms with E-state index in [0.717, 1.165) is 4.57 Å². The molecule has 2 rings (SSSR count). The van der Waals surface area contributed by atoms with Crippen LogP contribution in [0.5, 0.6) is 0 Å². The minimum atomic E-state index is -1.06. The molecule has 0 spiro atoms. The van der Waals surface area contributed by atoms with Crippen molar-refractivity contribution in [3.63, 3.8) is 0 Å². The van der Waals surface area contributed by atoms with Crippen LogP contribution in [0, 0.1) is 6.92 Å². The van der Waals surface area contributed by atoms with E-state index < -0.39 is 17.6 Å². The molecule has 0 saturated heterocycles. The second-order valence-electron chi connectivity index (χ2n) is 4.36. The Balaban J connectivity index is 2.17. The lowest BCUT2D eigenvalue weighted by atomic mass is 10.1. The van der Waals surface area contributed by atoms with Gasteiger partial charge in [0.05, 0.1) is 5.56 Å². The van der Waals surface area contributed by atoms with Gasteiger partial charge in [-0.25, -0.2) is 14.6 Å². The number of anilines is 1. The fraction of sp³-hybridized carbons (Fsp3) is 0.143. The summed E-state index contributed by atoms with van der Waals surface area (Å²) in [5, 5.41) is 11.6. The molecule has 7 heteroatoms. The van der Waals surface area contributed by atoms with Gasteiger partial charge in [-0.2, -0.15) is 0 Å². The summed E-state index contributed by atoms with van der Waals surface area (Å²) in [5.74, 6) is -1.50. The summed E-state index contributed by atoms with van der Waals surface area (Å²) in [6, 6.07) is 6.15. The van der Waals surface area contributed by atoms with E-state index in [1.165, 1.54) is 18.5 Å². The Morgan fingerprint density at radius 2 is 2.10 bits per heavy atom. The second-order valence-corrected chi connectivity index (χ2v) is 4.36. The molecule has 2 aromatic rings. The number of benzene rings is 1. The molecule has 1 aromatic heterocycles. The maximum atomic E-state index is 11.9. The SMILES string of the molecule is Cc1c(NC(=O)Cn2cccnc2=O)cccc1C(=O)O. The van der Waals surface area contributed by atoms with Crippen LogP contribution in [0.4, 0.5) is 5.69 Å². The highest BCUT2D eigenvalue weighted by molar-refractivity contribution is 5.95. The van der Waals surface area contributed by atoms with E-state index in [9.17, 15) is 14.4 Å². The zero-order valence-corrected chi connectivity index (χ0v) is 11.2. The molecule has 0 radical (unpaired) electrons. The summed E-state index contributed by atoms with van der Waals surface area (Å²) in [5.41, 5.74) is 0.448. The largest absolute Gasteiger partial charge is 0.478 e. The van der Waals surface area contributed by atoms with Gasteiger partial charge in [-0.15, -0.1) is 0 Å².